The van der Waals surface area contributed by atoms with E-state index in [-0.39, 0.29) is 0 Å². The summed E-state index contributed by atoms with van der Waals surface area (Å²) in [6, 6.07) is 5.87. The standard InChI is InChI=1S/C12H13NO.CH4O3S/c1-2-7-13-12-6-4-9-3-5-10(14)8-11(9)12;1-5(2,3)4/h1,3,5,8,12-14H,4,6-7H2;1H3,(H,2,3,4). The number of nitrogens with one attached hydrogen (secondary N) is 1. The maximum absolute atomic E-state index is 9.37. The van der Waals surface area contributed by atoms with E-state index in [4.69, 9.17) is 11.0 Å². The van der Waals surface area contributed by atoms with Gasteiger partial charge in [-0.1, -0.05) is 12.0 Å². The van der Waals surface area contributed by atoms with Crippen molar-refractivity contribution in [3.05, 3.63) is 29.3 Å². The first-order chi connectivity index (χ1) is 8.81. The SMILES string of the molecule is C#CCNC1CCc2ccc(O)cc21.CS(=O)(=O)O. The number of hydrogen-bond donors (Lipinski definition) is 3. The maximum atomic E-state index is 9.37. The van der Waals surface area contributed by atoms with Crippen LogP contribution in [0, 0.1) is 12.3 Å². The molecule has 0 fully saturated rings. The van der Waals surface area contributed by atoms with Crippen LogP contribution in [0.15, 0.2) is 18.2 Å². The number of phenols is 1. The molecule has 2 rings (SSSR count). The Bertz CT molecular complexity index is 567. The molecule has 1 aromatic rings. The lowest BCUT2D eigenvalue weighted by molar-refractivity contribution is 0.472. The summed E-state index contributed by atoms with van der Waals surface area (Å²) in [7, 11) is -3.67. The fourth-order valence-corrected chi connectivity index (χ4v) is 1.98. The minimum absolute atomic E-state index is 0.313. The smallest absolute Gasteiger partial charge is 0.261 e. The first-order valence-corrected chi connectivity index (χ1v) is 7.57. The van der Waals surface area contributed by atoms with Crippen molar-refractivity contribution in [2.75, 3.05) is 12.8 Å². The van der Waals surface area contributed by atoms with Crippen LogP contribution in [-0.4, -0.2) is 30.9 Å². The van der Waals surface area contributed by atoms with E-state index in [1.165, 1.54) is 11.1 Å². The van der Waals surface area contributed by atoms with Crippen LogP contribution in [0.4, 0.5) is 0 Å². The molecule has 1 aromatic carbocycles. The zero-order chi connectivity index (χ0) is 14.5. The second-order valence-electron chi connectivity index (χ2n) is 4.29. The van der Waals surface area contributed by atoms with E-state index in [9.17, 15) is 13.5 Å². The Morgan fingerprint density at radius 3 is 2.74 bits per heavy atom. The molecule has 5 nitrogen and oxygen atoms in total. The van der Waals surface area contributed by atoms with Crippen molar-refractivity contribution in [3.8, 4) is 18.1 Å². The van der Waals surface area contributed by atoms with Gasteiger partial charge in [-0.15, -0.1) is 6.42 Å². The van der Waals surface area contributed by atoms with Gasteiger partial charge in [-0.05, 0) is 36.1 Å². The van der Waals surface area contributed by atoms with Crippen LogP contribution in [0.2, 0.25) is 0 Å². The van der Waals surface area contributed by atoms with E-state index in [1.807, 2.05) is 12.1 Å². The summed E-state index contributed by atoms with van der Waals surface area (Å²) in [5.41, 5.74) is 2.51. The Morgan fingerprint density at radius 2 is 2.16 bits per heavy atom. The molecule has 0 aromatic heterocycles. The maximum Gasteiger partial charge on any atom is 0.261 e. The van der Waals surface area contributed by atoms with Crippen LogP contribution in [-0.2, 0) is 16.5 Å². The molecule has 1 atom stereocenters. The summed E-state index contributed by atoms with van der Waals surface area (Å²) in [6.45, 7) is 0.583. The molecule has 6 heteroatoms. The zero-order valence-electron chi connectivity index (χ0n) is 10.6. The highest BCUT2D eigenvalue weighted by Gasteiger charge is 2.21. The van der Waals surface area contributed by atoms with E-state index in [2.05, 4.69) is 11.2 Å². The van der Waals surface area contributed by atoms with Gasteiger partial charge in [0.25, 0.3) is 10.1 Å². The fourth-order valence-electron chi connectivity index (χ4n) is 1.98. The van der Waals surface area contributed by atoms with E-state index >= 15 is 0 Å². The van der Waals surface area contributed by atoms with Crippen molar-refractivity contribution in [3.63, 3.8) is 0 Å². The quantitative estimate of drug-likeness (QED) is 0.559. The van der Waals surface area contributed by atoms with Crippen molar-refractivity contribution < 1.29 is 18.1 Å². The minimum Gasteiger partial charge on any atom is -0.508 e. The Labute approximate surface area is 113 Å². The largest absolute Gasteiger partial charge is 0.508 e. The van der Waals surface area contributed by atoms with Gasteiger partial charge in [-0.2, -0.15) is 8.42 Å². The van der Waals surface area contributed by atoms with E-state index < -0.39 is 10.1 Å². The molecule has 0 saturated heterocycles. The highest BCUT2D eigenvalue weighted by atomic mass is 32.2. The van der Waals surface area contributed by atoms with Crippen LogP contribution >= 0.6 is 0 Å². The Morgan fingerprint density at radius 1 is 1.53 bits per heavy atom. The lowest BCUT2D eigenvalue weighted by Crippen LogP contribution is -2.19. The predicted octanol–water partition coefficient (Wildman–Crippen LogP) is 1.11. The molecule has 0 radical (unpaired) electrons. The molecule has 0 spiro atoms. The third-order valence-corrected chi connectivity index (χ3v) is 2.66. The van der Waals surface area contributed by atoms with Gasteiger partial charge in [0, 0.05) is 6.04 Å². The van der Waals surface area contributed by atoms with E-state index in [0.717, 1.165) is 12.8 Å². The third-order valence-electron chi connectivity index (χ3n) is 2.66. The summed E-state index contributed by atoms with van der Waals surface area (Å²) in [5.74, 6) is 2.90. The van der Waals surface area contributed by atoms with Crippen molar-refractivity contribution >= 4 is 10.1 Å². The van der Waals surface area contributed by atoms with Crippen molar-refractivity contribution in [2.45, 2.75) is 18.9 Å². The lowest BCUT2D eigenvalue weighted by atomic mass is 10.1. The van der Waals surface area contributed by atoms with Gasteiger partial charge in [0.2, 0.25) is 0 Å². The highest BCUT2D eigenvalue weighted by molar-refractivity contribution is 7.85. The third kappa shape index (κ3) is 5.75. The molecule has 0 bridgehead atoms. The monoisotopic (exact) mass is 283 g/mol. The van der Waals surface area contributed by atoms with Crippen molar-refractivity contribution in [2.24, 2.45) is 0 Å². The van der Waals surface area contributed by atoms with Gasteiger partial charge in [0.15, 0.2) is 0 Å². The lowest BCUT2D eigenvalue weighted by Gasteiger charge is -2.11. The predicted molar refractivity (Wildman–Crippen MR) is 73.5 cm³/mol. The number of aromatic hydroxyl groups is 1. The molecule has 1 unspecified atom stereocenters. The fraction of sp³-hybridized carbons (Fsp3) is 0.385. The van der Waals surface area contributed by atoms with Gasteiger partial charge in [0.1, 0.15) is 5.75 Å². The Hall–Kier alpha value is -1.55. The minimum atomic E-state index is -3.67. The average molecular weight is 283 g/mol. The molecule has 0 amide bonds. The molecule has 0 saturated carbocycles. The molecule has 3 N–H and O–H groups in total. The second kappa shape index (κ2) is 6.57. The number of fused-ring (bicyclic) bond motifs is 1. The molecular weight excluding hydrogens is 266 g/mol. The number of phenolic OH excluding ortho intramolecular Hbond substituents is 1. The summed E-state index contributed by atoms with van der Waals surface area (Å²) < 4.78 is 25.9. The van der Waals surface area contributed by atoms with Gasteiger partial charge >= 0.3 is 0 Å². The van der Waals surface area contributed by atoms with Gasteiger partial charge in [-0.25, -0.2) is 0 Å². The van der Waals surface area contributed by atoms with Gasteiger partial charge < -0.3 is 5.11 Å². The molecule has 19 heavy (non-hydrogen) atoms. The first-order valence-electron chi connectivity index (χ1n) is 5.72. The molecule has 0 heterocycles. The number of rotatable bonds is 2. The van der Waals surface area contributed by atoms with Crippen LogP contribution in [0.25, 0.3) is 0 Å². The average Bonchev–Trinajstić information content (AvgIpc) is 2.66. The van der Waals surface area contributed by atoms with E-state index in [0.29, 0.717) is 24.6 Å². The van der Waals surface area contributed by atoms with Gasteiger partial charge in [-0.3, -0.25) is 9.87 Å². The number of hydrogen-bond acceptors (Lipinski definition) is 4. The van der Waals surface area contributed by atoms with Crippen LogP contribution in [0.3, 0.4) is 0 Å². The molecular formula is C13H17NO4S. The van der Waals surface area contributed by atoms with Gasteiger partial charge in [0.05, 0.1) is 12.8 Å². The normalized spacial score (nSPS) is 17.0. The molecule has 104 valence electrons. The molecule has 1 aliphatic carbocycles. The Kier molecular flexibility index (Phi) is 5.36. The van der Waals surface area contributed by atoms with Crippen molar-refractivity contribution in [1.29, 1.82) is 0 Å². The zero-order valence-corrected chi connectivity index (χ0v) is 11.4. The molecule has 1 aliphatic rings. The summed E-state index contributed by atoms with van der Waals surface area (Å²) >= 11 is 0. The van der Waals surface area contributed by atoms with Crippen LogP contribution in [0.5, 0.6) is 5.75 Å². The first kappa shape index (κ1) is 15.5. The summed E-state index contributed by atoms with van der Waals surface area (Å²) in [5, 5.41) is 12.6. The highest BCUT2D eigenvalue weighted by Crippen LogP contribution is 2.33. The Balaban J connectivity index is 0.000000312. The topological polar surface area (TPSA) is 86.6 Å². The molecule has 0 aliphatic heterocycles. The number of aryl methyl sites for hydroxylation is 1. The summed E-state index contributed by atoms with van der Waals surface area (Å²) in [4.78, 5) is 0. The van der Waals surface area contributed by atoms with Crippen molar-refractivity contribution in [1.82, 2.24) is 5.32 Å². The second-order valence-corrected chi connectivity index (χ2v) is 5.76. The number of benzene rings is 1. The number of terminal acetylenes is 1. The van der Waals surface area contributed by atoms with Crippen LogP contribution < -0.4 is 5.32 Å². The van der Waals surface area contributed by atoms with E-state index in [1.54, 1.807) is 6.07 Å². The van der Waals surface area contributed by atoms with Crippen LogP contribution in [0.1, 0.15) is 23.6 Å². The summed E-state index contributed by atoms with van der Waals surface area (Å²) in [6.07, 6.45) is 8.05.